The molecule has 0 unspecified atom stereocenters. The molecule has 4 rings (SSSR count). The van der Waals surface area contributed by atoms with Crippen LogP contribution in [0.1, 0.15) is 30.5 Å². The average Bonchev–Trinajstić information content (AvgIpc) is 2.95. The molecule has 0 fully saturated rings. The number of nitrogens with zero attached hydrogens (tertiary/aromatic N) is 1. The maximum absolute atomic E-state index is 13.2. The third-order valence-corrected chi connectivity index (χ3v) is 5.68. The first kappa shape index (κ1) is 18.3. The summed E-state index contributed by atoms with van der Waals surface area (Å²) in [6, 6.07) is 7.87. The lowest BCUT2D eigenvalue weighted by molar-refractivity contribution is -0.153. The number of hydrogen-bond donors (Lipinski definition) is 1. The number of esters is 2. The van der Waals surface area contributed by atoms with E-state index in [1.807, 2.05) is 35.0 Å². The van der Waals surface area contributed by atoms with Gasteiger partial charge in [0.05, 0.1) is 25.4 Å². The molecule has 1 atom stereocenters. The normalized spacial score (nSPS) is 20.6. The van der Waals surface area contributed by atoms with E-state index in [2.05, 4.69) is 5.32 Å². The number of carbonyl (C=O) groups excluding carboxylic acids is 3. The van der Waals surface area contributed by atoms with Crippen LogP contribution >= 0.6 is 0 Å². The quantitative estimate of drug-likeness (QED) is 0.645. The van der Waals surface area contributed by atoms with Gasteiger partial charge in [0.1, 0.15) is 0 Å². The zero-order chi connectivity index (χ0) is 19.9. The number of methoxy groups -OCH3 is 2. The fourth-order valence-corrected chi connectivity index (χ4v) is 4.43. The molecule has 0 radical (unpaired) electrons. The van der Waals surface area contributed by atoms with Crippen molar-refractivity contribution < 1.29 is 23.9 Å². The van der Waals surface area contributed by atoms with Gasteiger partial charge in [-0.25, -0.2) is 0 Å². The van der Waals surface area contributed by atoms with E-state index in [1.165, 1.54) is 14.2 Å². The van der Waals surface area contributed by atoms with Crippen LogP contribution in [0.2, 0.25) is 0 Å². The number of para-hydroxylation sites is 1. The molecule has 0 saturated carbocycles. The Hall–Kier alpha value is -3.09. The summed E-state index contributed by atoms with van der Waals surface area (Å²) in [7, 11) is 2.64. The highest BCUT2D eigenvalue weighted by Gasteiger charge is 2.55. The Balaban J connectivity index is 1.98. The van der Waals surface area contributed by atoms with Crippen molar-refractivity contribution in [3.63, 3.8) is 0 Å². The second kappa shape index (κ2) is 6.82. The number of allylic oxidation sites excluding steroid dienone is 1. The molecule has 0 bridgehead atoms. The second-order valence-electron chi connectivity index (χ2n) is 7.16. The molecule has 1 aromatic carbocycles. The van der Waals surface area contributed by atoms with E-state index in [0.717, 1.165) is 22.0 Å². The Morgan fingerprint density at radius 1 is 1.21 bits per heavy atom. The molecule has 2 aromatic rings. The van der Waals surface area contributed by atoms with E-state index < -0.39 is 11.4 Å². The SMILES string of the molecule is COC(=O)CCC1=Cn2c3c(c4ccccc42)CCNC(=O)[C@]3(C(=O)OC)C1. The standard InChI is InChI=1S/C21H22N2O5/c1-27-17(24)8-7-13-11-21(20(26)28-2)18-15(9-10-22-19(21)25)14-5-3-4-6-16(14)23(18)12-13/h3-6,12H,7-11H2,1-2H3,(H,22,25)/t21-/m0/s1. The van der Waals surface area contributed by atoms with E-state index in [-0.39, 0.29) is 24.7 Å². The largest absolute Gasteiger partial charge is 0.469 e. The van der Waals surface area contributed by atoms with Gasteiger partial charge in [-0.05, 0) is 24.5 Å². The molecule has 0 saturated heterocycles. The van der Waals surface area contributed by atoms with Crippen LogP contribution in [0.25, 0.3) is 17.1 Å². The van der Waals surface area contributed by atoms with Gasteiger partial charge in [-0.15, -0.1) is 0 Å². The van der Waals surface area contributed by atoms with Crippen LogP contribution in [-0.2, 0) is 35.7 Å². The Morgan fingerprint density at radius 2 is 2.00 bits per heavy atom. The number of rotatable bonds is 4. The lowest BCUT2D eigenvalue weighted by Crippen LogP contribution is -2.52. The van der Waals surface area contributed by atoms with Crippen molar-refractivity contribution in [3.8, 4) is 0 Å². The molecular formula is C21H22N2O5. The number of aromatic nitrogens is 1. The van der Waals surface area contributed by atoms with Gasteiger partial charge in [-0.1, -0.05) is 23.8 Å². The fourth-order valence-electron chi connectivity index (χ4n) is 4.43. The van der Waals surface area contributed by atoms with E-state index in [1.54, 1.807) is 0 Å². The lowest BCUT2D eigenvalue weighted by atomic mass is 9.74. The Kier molecular flexibility index (Phi) is 4.45. The van der Waals surface area contributed by atoms with E-state index in [0.29, 0.717) is 25.1 Å². The summed E-state index contributed by atoms with van der Waals surface area (Å²) < 4.78 is 11.8. The van der Waals surface area contributed by atoms with Gasteiger partial charge in [0.15, 0.2) is 5.41 Å². The molecule has 1 N–H and O–H groups in total. The van der Waals surface area contributed by atoms with Crippen LogP contribution in [0.3, 0.4) is 0 Å². The lowest BCUT2D eigenvalue weighted by Gasteiger charge is -2.34. The summed E-state index contributed by atoms with van der Waals surface area (Å²) >= 11 is 0. The van der Waals surface area contributed by atoms with Crippen LogP contribution in [0.5, 0.6) is 0 Å². The maximum atomic E-state index is 13.2. The average molecular weight is 382 g/mol. The minimum atomic E-state index is -1.46. The number of amides is 1. The van der Waals surface area contributed by atoms with Gasteiger partial charge in [0.2, 0.25) is 5.91 Å². The smallest absolute Gasteiger partial charge is 0.327 e. The molecule has 7 nitrogen and oxygen atoms in total. The monoisotopic (exact) mass is 382 g/mol. The van der Waals surface area contributed by atoms with Gasteiger partial charge in [0.25, 0.3) is 0 Å². The van der Waals surface area contributed by atoms with Gasteiger partial charge < -0.3 is 19.4 Å². The highest BCUT2D eigenvalue weighted by Crippen LogP contribution is 2.45. The van der Waals surface area contributed by atoms with Crippen LogP contribution in [0, 0.1) is 0 Å². The molecule has 7 heteroatoms. The van der Waals surface area contributed by atoms with Gasteiger partial charge in [-0.2, -0.15) is 0 Å². The molecule has 2 aliphatic heterocycles. The Labute approximate surface area is 162 Å². The molecule has 28 heavy (non-hydrogen) atoms. The van der Waals surface area contributed by atoms with Gasteiger partial charge >= 0.3 is 11.9 Å². The van der Waals surface area contributed by atoms with Crippen LogP contribution in [0.15, 0.2) is 29.8 Å². The molecule has 1 aromatic heterocycles. The Bertz CT molecular complexity index is 1020. The van der Waals surface area contributed by atoms with Crippen molar-refractivity contribution >= 4 is 34.9 Å². The zero-order valence-electron chi connectivity index (χ0n) is 15.9. The highest BCUT2D eigenvalue weighted by atomic mass is 16.5. The van der Waals surface area contributed by atoms with E-state index in [9.17, 15) is 14.4 Å². The number of benzene rings is 1. The van der Waals surface area contributed by atoms with Crippen molar-refractivity contribution in [2.24, 2.45) is 0 Å². The summed E-state index contributed by atoms with van der Waals surface area (Å²) in [4.78, 5) is 37.9. The first-order valence-electron chi connectivity index (χ1n) is 9.28. The topological polar surface area (TPSA) is 86.6 Å². The van der Waals surface area contributed by atoms with Gasteiger partial charge in [0, 0.05) is 31.0 Å². The van der Waals surface area contributed by atoms with Crippen molar-refractivity contribution in [2.45, 2.75) is 31.1 Å². The molecule has 2 aliphatic rings. The van der Waals surface area contributed by atoms with E-state index in [4.69, 9.17) is 9.47 Å². The number of ether oxygens (including phenoxy) is 2. The predicted molar refractivity (Wildman–Crippen MR) is 102 cm³/mol. The minimum absolute atomic E-state index is 0.183. The molecular weight excluding hydrogens is 360 g/mol. The van der Waals surface area contributed by atoms with Crippen molar-refractivity contribution in [3.05, 3.63) is 41.1 Å². The van der Waals surface area contributed by atoms with Crippen molar-refractivity contribution in [1.29, 1.82) is 0 Å². The van der Waals surface area contributed by atoms with Crippen molar-refractivity contribution in [1.82, 2.24) is 9.88 Å². The van der Waals surface area contributed by atoms with Crippen LogP contribution < -0.4 is 5.32 Å². The fraction of sp³-hybridized carbons (Fsp3) is 0.381. The first-order valence-corrected chi connectivity index (χ1v) is 9.28. The molecule has 3 heterocycles. The van der Waals surface area contributed by atoms with Crippen LogP contribution in [-0.4, -0.2) is 43.2 Å². The van der Waals surface area contributed by atoms with E-state index >= 15 is 0 Å². The van der Waals surface area contributed by atoms with Crippen LogP contribution in [0.4, 0.5) is 0 Å². The third kappa shape index (κ3) is 2.53. The molecule has 0 aliphatic carbocycles. The second-order valence-corrected chi connectivity index (χ2v) is 7.16. The highest BCUT2D eigenvalue weighted by molar-refractivity contribution is 6.11. The first-order chi connectivity index (χ1) is 13.5. The summed E-state index contributed by atoms with van der Waals surface area (Å²) in [6.07, 6.45) is 3.36. The summed E-state index contributed by atoms with van der Waals surface area (Å²) in [5.74, 6) is -1.27. The summed E-state index contributed by atoms with van der Waals surface area (Å²) in [5, 5.41) is 3.91. The number of hydrogen-bond acceptors (Lipinski definition) is 5. The number of carbonyl (C=O) groups is 3. The van der Waals surface area contributed by atoms with Gasteiger partial charge in [-0.3, -0.25) is 14.4 Å². The summed E-state index contributed by atoms with van der Waals surface area (Å²) in [5.41, 5.74) is 1.97. The number of nitrogens with one attached hydrogen (secondary N) is 1. The third-order valence-electron chi connectivity index (χ3n) is 5.68. The molecule has 1 amide bonds. The maximum Gasteiger partial charge on any atom is 0.327 e. The predicted octanol–water partition coefficient (Wildman–Crippen LogP) is 1.92. The zero-order valence-corrected chi connectivity index (χ0v) is 15.9. The molecule has 0 spiro atoms. The minimum Gasteiger partial charge on any atom is -0.469 e. The summed E-state index contributed by atoms with van der Waals surface area (Å²) in [6.45, 7) is 0.454. The van der Waals surface area contributed by atoms with Crippen molar-refractivity contribution in [2.75, 3.05) is 20.8 Å². The Morgan fingerprint density at radius 3 is 2.75 bits per heavy atom. The molecule has 146 valence electrons. The number of fused-ring (bicyclic) bond motifs is 3.